The van der Waals surface area contributed by atoms with E-state index in [0.29, 0.717) is 17.2 Å². The Labute approximate surface area is 157 Å². The van der Waals surface area contributed by atoms with Crippen LogP contribution >= 0.6 is 0 Å². The van der Waals surface area contributed by atoms with Gasteiger partial charge in [-0.15, -0.1) is 0 Å². The topological polar surface area (TPSA) is 66.9 Å². The molecule has 3 rings (SSSR count). The van der Waals surface area contributed by atoms with Gasteiger partial charge in [-0.05, 0) is 50.1 Å². The number of carbonyl (C=O) groups excluding carboxylic acids is 1. The minimum Gasteiger partial charge on any atom is -0.347 e. The van der Waals surface area contributed by atoms with E-state index in [1.807, 2.05) is 32.0 Å². The van der Waals surface area contributed by atoms with Gasteiger partial charge in [-0.3, -0.25) is 4.79 Å². The van der Waals surface area contributed by atoms with Gasteiger partial charge in [0.15, 0.2) is 0 Å². The van der Waals surface area contributed by atoms with Gasteiger partial charge in [0, 0.05) is 23.9 Å². The van der Waals surface area contributed by atoms with Gasteiger partial charge < -0.3 is 10.6 Å². The smallest absolute Gasteiger partial charge is 0.270 e. The quantitative estimate of drug-likeness (QED) is 0.711. The Morgan fingerprint density at radius 3 is 2.52 bits per heavy atom. The predicted octanol–water partition coefficient (Wildman–Crippen LogP) is 4.21. The maximum absolute atomic E-state index is 13.7. The third-order valence-corrected chi connectivity index (χ3v) is 4.25. The third kappa shape index (κ3) is 4.67. The first-order valence-corrected chi connectivity index (χ1v) is 8.64. The summed E-state index contributed by atoms with van der Waals surface area (Å²) in [7, 11) is 0. The minimum absolute atomic E-state index is 0.0917. The lowest BCUT2D eigenvalue weighted by molar-refractivity contribution is 0.0945. The normalized spacial score (nSPS) is 10.5. The molecule has 0 aliphatic carbocycles. The van der Waals surface area contributed by atoms with Gasteiger partial charge >= 0.3 is 0 Å². The molecular formula is C21H21FN4O. The van der Waals surface area contributed by atoms with Crippen molar-refractivity contribution in [2.75, 3.05) is 5.32 Å². The molecule has 1 amide bonds. The molecule has 0 unspecified atom stereocenters. The average molecular weight is 364 g/mol. The summed E-state index contributed by atoms with van der Waals surface area (Å²) in [5.41, 5.74) is 3.89. The highest BCUT2D eigenvalue weighted by Crippen LogP contribution is 2.19. The van der Waals surface area contributed by atoms with Crippen molar-refractivity contribution in [3.63, 3.8) is 0 Å². The Morgan fingerprint density at radius 1 is 1.00 bits per heavy atom. The fraction of sp³-hybridized carbons (Fsp3) is 0.190. The molecule has 2 N–H and O–H groups in total. The summed E-state index contributed by atoms with van der Waals surface area (Å²) in [5, 5.41) is 5.89. The van der Waals surface area contributed by atoms with E-state index in [1.165, 1.54) is 11.6 Å². The summed E-state index contributed by atoms with van der Waals surface area (Å²) in [5.74, 6) is 0.266. The van der Waals surface area contributed by atoms with Crippen LogP contribution < -0.4 is 10.6 Å². The molecule has 5 nitrogen and oxygen atoms in total. The number of hydrogen-bond donors (Lipinski definition) is 2. The first kappa shape index (κ1) is 18.5. The molecule has 0 saturated heterocycles. The van der Waals surface area contributed by atoms with Crippen LogP contribution in [0.5, 0.6) is 0 Å². The van der Waals surface area contributed by atoms with Crippen LogP contribution in [0, 0.1) is 26.6 Å². The zero-order chi connectivity index (χ0) is 19.4. The number of aryl methyl sites for hydroxylation is 3. The lowest BCUT2D eigenvalue weighted by Crippen LogP contribution is -2.25. The second-order valence-corrected chi connectivity index (χ2v) is 6.38. The Bertz CT molecular complexity index is 988. The van der Waals surface area contributed by atoms with Gasteiger partial charge in [0.1, 0.15) is 23.2 Å². The molecule has 0 saturated carbocycles. The van der Waals surface area contributed by atoms with Crippen molar-refractivity contribution in [3.05, 3.63) is 82.6 Å². The van der Waals surface area contributed by atoms with Gasteiger partial charge in [-0.2, -0.15) is 0 Å². The second kappa shape index (κ2) is 7.95. The lowest BCUT2D eigenvalue weighted by Gasteiger charge is -2.11. The highest BCUT2D eigenvalue weighted by Gasteiger charge is 2.12. The number of aromatic nitrogens is 2. The van der Waals surface area contributed by atoms with Crippen LogP contribution in [0.2, 0.25) is 0 Å². The number of hydrogen-bond acceptors (Lipinski definition) is 4. The summed E-state index contributed by atoms with van der Waals surface area (Å²) in [6.07, 6.45) is 0. The van der Waals surface area contributed by atoms with Crippen molar-refractivity contribution >= 4 is 17.4 Å². The maximum atomic E-state index is 13.7. The maximum Gasteiger partial charge on any atom is 0.270 e. The van der Waals surface area contributed by atoms with E-state index in [9.17, 15) is 9.18 Å². The number of amides is 1. The van der Waals surface area contributed by atoms with Crippen LogP contribution in [-0.4, -0.2) is 15.9 Å². The molecule has 1 aromatic heterocycles. The van der Waals surface area contributed by atoms with Gasteiger partial charge in [0.05, 0.1) is 0 Å². The van der Waals surface area contributed by atoms with Gasteiger partial charge in [0.25, 0.3) is 5.91 Å². The average Bonchev–Trinajstić information content (AvgIpc) is 2.63. The van der Waals surface area contributed by atoms with Crippen molar-refractivity contribution in [2.45, 2.75) is 27.3 Å². The standard InChI is InChI=1S/C21H21FN4O/c1-13-8-9-17(10-14(13)2)26-20-11-19(24-15(3)25-20)21(27)23-12-16-6-4-5-7-18(16)22/h4-11H,12H2,1-3H3,(H,23,27)(H,24,25,26). The van der Waals surface area contributed by atoms with E-state index >= 15 is 0 Å². The van der Waals surface area contributed by atoms with E-state index in [2.05, 4.69) is 20.6 Å². The van der Waals surface area contributed by atoms with Gasteiger partial charge in [0.2, 0.25) is 0 Å². The molecular weight excluding hydrogens is 343 g/mol. The third-order valence-electron chi connectivity index (χ3n) is 4.25. The zero-order valence-corrected chi connectivity index (χ0v) is 15.5. The summed E-state index contributed by atoms with van der Waals surface area (Å²) in [6, 6.07) is 13.9. The van der Waals surface area contributed by atoms with Crippen LogP contribution in [0.4, 0.5) is 15.9 Å². The highest BCUT2D eigenvalue weighted by molar-refractivity contribution is 5.93. The first-order valence-electron chi connectivity index (χ1n) is 8.64. The summed E-state index contributed by atoms with van der Waals surface area (Å²) in [4.78, 5) is 21.0. The van der Waals surface area contributed by atoms with Crippen molar-refractivity contribution in [1.82, 2.24) is 15.3 Å². The molecule has 0 fully saturated rings. The Hall–Kier alpha value is -3.28. The Kier molecular flexibility index (Phi) is 5.45. The number of nitrogens with one attached hydrogen (secondary N) is 2. The first-order chi connectivity index (χ1) is 12.9. The molecule has 1 heterocycles. The summed E-state index contributed by atoms with van der Waals surface area (Å²) in [6.45, 7) is 5.90. The molecule has 0 bridgehead atoms. The number of anilines is 2. The Morgan fingerprint density at radius 2 is 1.78 bits per heavy atom. The molecule has 0 aliphatic heterocycles. The van der Waals surface area contributed by atoms with Crippen LogP contribution in [0.25, 0.3) is 0 Å². The molecule has 0 aliphatic rings. The van der Waals surface area contributed by atoms with E-state index in [1.54, 1.807) is 31.2 Å². The molecule has 2 aromatic carbocycles. The second-order valence-electron chi connectivity index (χ2n) is 6.38. The largest absolute Gasteiger partial charge is 0.347 e. The number of halogens is 1. The van der Waals surface area contributed by atoms with E-state index in [4.69, 9.17) is 0 Å². The van der Waals surface area contributed by atoms with Crippen LogP contribution in [0.1, 0.15) is 33.0 Å². The number of nitrogens with zero attached hydrogens (tertiary/aromatic N) is 2. The zero-order valence-electron chi connectivity index (χ0n) is 15.5. The van der Waals surface area contributed by atoms with E-state index < -0.39 is 0 Å². The molecule has 0 atom stereocenters. The lowest BCUT2D eigenvalue weighted by atomic mass is 10.1. The molecule has 138 valence electrons. The predicted molar refractivity (Wildman–Crippen MR) is 104 cm³/mol. The van der Waals surface area contributed by atoms with Crippen LogP contribution in [0.15, 0.2) is 48.5 Å². The van der Waals surface area contributed by atoms with Crippen molar-refractivity contribution in [2.24, 2.45) is 0 Å². The number of carbonyl (C=O) groups is 1. The van der Waals surface area contributed by atoms with Crippen LogP contribution in [0.3, 0.4) is 0 Å². The molecule has 0 spiro atoms. The fourth-order valence-corrected chi connectivity index (χ4v) is 2.62. The van der Waals surface area contributed by atoms with Crippen molar-refractivity contribution in [3.8, 4) is 0 Å². The Balaban J connectivity index is 1.75. The van der Waals surface area contributed by atoms with E-state index in [-0.39, 0.29) is 24.0 Å². The van der Waals surface area contributed by atoms with Crippen LogP contribution in [-0.2, 0) is 6.54 Å². The fourth-order valence-electron chi connectivity index (χ4n) is 2.62. The molecule has 27 heavy (non-hydrogen) atoms. The summed E-state index contributed by atoms with van der Waals surface area (Å²) < 4.78 is 13.7. The molecule has 0 radical (unpaired) electrons. The monoisotopic (exact) mass is 364 g/mol. The SMILES string of the molecule is Cc1nc(Nc2ccc(C)c(C)c2)cc(C(=O)NCc2ccccc2F)n1. The van der Waals surface area contributed by atoms with Crippen molar-refractivity contribution in [1.29, 1.82) is 0 Å². The van der Waals surface area contributed by atoms with E-state index in [0.717, 1.165) is 11.3 Å². The number of rotatable bonds is 5. The molecule has 3 aromatic rings. The van der Waals surface area contributed by atoms with Gasteiger partial charge in [-0.25, -0.2) is 14.4 Å². The minimum atomic E-state index is -0.383. The highest BCUT2D eigenvalue weighted by atomic mass is 19.1. The van der Waals surface area contributed by atoms with Crippen molar-refractivity contribution < 1.29 is 9.18 Å². The summed E-state index contributed by atoms with van der Waals surface area (Å²) >= 11 is 0. The number of benzene rings is 2. The molecule has 6 heteroatoms. The van der Waals surface area contributed by atoms with Gasteiger partial charge in [-0.1, -0.05) is 24.3 Å².